The van der Waals surface area contributed by atoms with E-state index in [9.17, 15) is 0 Å². The molecule has 0 N–H and O–H groups in total. The molecule has 0 aliphatic heterocycles. The Bertz CT molecular complexity index is 3480. The minimum atomic E-state index is -0.727. The number of para-hydroxylation sites is 1. The summed E-state index contributed by atoms with van der Waals surface area (Å²) in [6.07, 6.45) is 0. The molecule has 1 aromatic heterocycles. The van der Waals surface area contributed by atoms with E-state index in [1.807, 2.05) is 6.07 Å². The molecule has 2 nitrogen and oxygen atoms in total. The molecule has 0 bridgehead atoms. The van der Waals surface area contributed by atoms with Crippen LogP contribution in [-0.2, 0) is 10.8 Å². The first-order chi connectivity index (χ1) is 29.2. The van der Waals surface area contributed by atoms with Gasteiger partial charge in [0.05, 0.1) is 10.8 Å². The Balaban J connectivity index is 1.04. The number of benzene rings is 9. The van der Waals surface area contributed by atoms with E-state index in [1.165, 1.54) is 50.1 Å². The Morgan fingerprint density at radius 1 is 0.373 bits per heavy atom. The van der Waals surface area contributed by atoms with Gasteiger partial charge in [-0.3, -0.25) is 4.79 Å². The van der Waals surface area contributed by atoms with Gasteiger partial charge in [-0.05, 0) is 95.6 Å². The Kier molecular flexibility index (Phi) is 5.82. The Hall–Kier alpha value is -7.55. The van der Waals surface area contributed by atoms with Crippen LogP contribution in [0.1, 0.15) is 60.4 Å². The van der Waals surface area contributed by atoms with E-state index in [0.717, 1.165) is 66.4 Å². The highest BCUT2D eigenvalue weighted by Gasteiger charge is 2.55. The summed E-state index contributed by atoms with van der Waals surface area (Å²) in [7, 11) is 0. The highest BCUT2D eigenvalue weighted by molar-refractivity contribution is 6.16. The van der Waals surface area contributed by atoms with E-state index >= 15 is 4.79 Å². The second kappa shape index (κ2) is 10.9. The zero-order valence-corrected chi connectivity index (χ0v) is 31.8. The summed E-state index contributed by atoms with van der Waals surface area (Å²) in [5.41, 5.74) is 20.9. The molecule has 0 fully saturated rings. The fraction of sp³-hybridized carbons (Fsp3) is 0.0351. The second-order valence-corrected chi connectivity index (χ2v) is 16.5. The predicted octanol–water partition coefficient (Wildman–Crippen LogP) is 13.5. The molecule has 0 amide bonds. The van der Waals surface area contributed by atoms with Gasteiger partial charge in [0.1, 0.15) is 11.2 Å². The third-order valence-corrected chi connectivity index (χ3v) is 14.1. The van der Waals surface area contributed by atoms with Crippen LogP contribution in [0.2, 0.25) is 0 Å². The molecule has 14 rings (SSSR count). The smallest absolute Gasteiger partial charge is 0.193 e. The van der Waals surface area contributed by atoms with Crippen molar-refractivity contribution in [1.29, 1.82) is 0 Å². The van der Waals surface area contributed by atoms with Crippen LogP contribution in [0.15, 0.2) is 199 Å². The third-order valence-electron chi connectivity index (χ3n) is 14.1. The van der Waals surface area contributed by atoms with Crippen LogP contribution in [-0.4, -0.2) is 5.78 Å². The van der Waals surface area contributed by atoms with E-state index in [2.05, 4.69) is 188 Å². The van der Waals surface area contributed by atoms with Crippen molar-refractivity contribution in [2.24, 2.45) is 0 Å². The van der Waals surface area contributed by atoms with Gasteiger partial charge in [-0.1, -0.05) is 182 Å². The maximum Gasteiger partial charge on any atom is 0.193 e. The number of furan rings is 1. The fourth-order valence-electron chi connectivity index (χ4n) is 12.0. The van der Waals surface area contributed by atoms with Crippen molar-refractivity contribution in [3.8, 4) is 44.5 Å². The number of carbonyl (C=O) groups excluding carboxylic acids is 1. The zero-order chi connectivity index (χ0) is 38.6. The van der Waals surface area contributed by atoms with Crippen LogP contribution >= 0.6 is 0 Å². The molecule has 59 heavy (non-hydrogen) atoms. The highest BCUT2D eigenvalue weighted by Crippen LogP contribution is 2.66. The number of hydrogen-bond donors (Lipinski definition) is 0. The van der Waals surface area contributed by atoms with Crippen LogP contribution in [0.3, 0.4) is 0 Å². The SMILES string of the molecule is O=C(c1ccc2c(c1)C1(c3ccccc3-c3ccccc31)c1ccccc1-2)c1cccc2c1C1(c3ccccc3-2)c2ccccc2-c2c1ccc1c2oc2ccccc21. The van der Waals surface area contributed by atoms with E-state index in [-0.39, 0.29) is 5.78 Å². The minimum absolute atomic E-state index is 0.0262. The molecule has 10 aromatic rings. The molecule has 0 saturated carbocycles. The lowest BCUT2D eigenvalue weighted by atomic mass is 9.68. The monoisotopic (exact) mass is 748 g/mol. The molecule has 1 heterocycles. The van der Waals surface area contributed by atoms with Crippen molar-refractivity contribution in [2.45, 2.75) is 10.8 Å². The molecule has 1 unspecified atom stereocenters. The number of carbonyl (C=O) groups is 1. The van der Waals surface area contributed by atoms with Gasteiger partial charge >= 0.3 is 0 Å². The molecule has 4 aliphatic rings. The summed E-state index contributed by atoms with van der Waals surface area (Å²) >= 11 is 0. The molecule has 0 saturated heterocycles. The fourth-order valence-corrected chi connectivity index (χ4v) is 12.0. The normalized spacial score (nSPS) is 16.4. The van der Waals surface area contributed by atoms with Crippen LogP contribution in [0.5, 0.6) is 0 Å². The quantitative estimate of drug-likeness (QED) is 0.165. The number of fused-ring (bicyclic) bond motifs is 24. The molecule has 0 radical (unpaired) electrons. The maximum atomic E-state index is 15.8. The van der Waals surface area contributed by atoms with E-state index < -0.39 is 10.8 Å². The first-order valence-corrected chi connectivity index (χ1v) is 20.5. The summed E-state index contributed by atoms with van der Waals surface area (Å²) in [5, 5.41) is 2.21. The van der Waals surface area contributed by atoms with Crippen molar-refractivity contribution < 1.29 is 9.21 Å². The van der Waals surface area contributed by atoms with Crippen molar-refractivity contribution in [2.75, 3.05) is 0 Å². The van der Waals surface area contributed by atoms with E-state index in [0.29, 0.717) is 5.56 Å². The van der Waals surface area contributed by atoms with Crippen molar-refractivity contribution in [1.82, 2.24) is 0 Å². The van der Waals surface area contributed by atoms with Crippen LogP contribution in [0.4, 0.5) is 0 Å². The summed E-state index contributed by atoms with van der Waals surface area (Å²) in [6, 6.07) is 69.7. The molecule has 2 spiro atoms. The minimum Gasteiger partial charge on any atom is -0.455 e. The molecule has 1 atom stereocenters. The van der Waals surface area contributed by atoms with Gasteiger partial charge in [-0.25, -0.2) is 0 Å². The molecule has 9 aromatic carbocycles. The van der Waals surface area contributed by atoms with Gasteiger partial charge in [-0.2, -0.15) is 0 Å². The van der Waals surface area contributed by atoms with Gasteiger partial charge in [0.15, 0.2) is 5.78 Å². The lowest BCUT2D eigenvalue weighted by molar-refractivity contribution is 0.103. The molecule has 272 valence electrons. The predicted molar refractivity (Wildman–Crippen MR) is 236 cm³/mol. The largest absolute Gasteiger partial charge is 0.455 e. The Labute approximate surface area is 340 Å². The third kappa shape index (κ3) is 3.56. The summed E-state index contributed by atoms with van der Waals surface area (Å²) in [5.74, 6) is 0.0262. The number of hydrogen-bond acceptors (Lipinski definition) is 2. The highest BCUT2D eigenvalue weighted by atomic mass is 16.3. The maximum absolute atomic E-state index is 15.8. The van der Waals surface area contributed by atoms with Gasteiger partial charge in [-0.15, -0.1) is 0 Å². The number of rotatable bonds is 2. The van der Waals surface area contributed by atoms with Crippen molar-refractivity contribution in [3.05, 3.63) is 250 Å². The lowest BCUT2D eigenvalue weighted by Gasteiger charge is -2.32. The van der Waals surface area contributed by atoms with E-state index in [4.69, 9.17) is 4.42 Å². The lowest BCUT2D eigenvalue weighted by Crippen LogP contribution is -2.28. The summed E-state index contributed by atoms with van der Waals surface area (Å²) < 4.78 is 6.78. The van der Waals surface area contributed by atoms with Crippen LogP contribution in [0.25, 0.3) is 66.4 Å². The summed E-state index contributed by atoms with van der Waals surface area (Å²) in [6.45, 7) is 0. The average Bonchev–Trinajstić information content (AvgIpc) is 4.07. The molecule has 4 aliphatic carbocycles. The Morgan fingerprint density at radius 2 is 0.881 bits per heavy atom. The van der Waals surface area contributed by atoms with Gasteiger partial charge in [0.2, 0.25) is 0 Å². The Morgan fingerprint density at radius 3 is 1.54 bits per heavy atom. The average molecular weight is 749 g/mol. The van der Waals surface area contributed by atoms with Crippen molar-refractivity contribution in [3.63, 3.8) is 0 Å². The standard InChI is InChI=1S/C57H32O2/c58-54(33-28-29-38-36-16-3-9-24-46(36)56(50(38)32-33)44-22-7-1-14-34(44)35-15-2-8-23-45(35)56)43-21-13-20-40-37-17-4-10-25-47(37)57(53(40)43)48-26-11-5-19-42(48)52-49(57)31-30-41-39-18-6-12-27-51(39)59-55(41)52/h1-32H. The summed E-state index contributed by atoms with van der Waals surface area (Å²) in [4.78, 5) is 15.8. The first-order valence-electron chi connectivity index (χ1n) is 20.5. The molecular weight excluding hydrogens is 717 g/mol. The van der Waals surface area contributed by atoms with Crippen LogP contribution in [0, 0.1) is 0 Å². The van der Waals surface area contributed by atoms with Gasteiger partial charge in [0.25, 0.3) is 0 Å². The van der Waals surface area contributed by atoms with Crippen LogP contribution < -0.4 is 0 Å². The van der Waals surface area contributed by atoms with E-state index in [1.54, 1.807) is 0 Å². The topological polar surface area (TPSA) is 30.2 Å². The van der Waals surface area contributed by atoms with Gasteiger partial charge in [0, 0.05) is 27.5 Å². The van der Waals surface area contributed by atoms with Gasteiger partial charge < -0.3 is 4.42 Å². The first kappa shape index (κ1) is 31.5. The molecule has 2 heteroatoms. The number of ketones is 1. The zero-order valence-electron chi connectivity index (χ0n) is 31.8. The van der Waals surface area contributed by atoms with Crippen molar-refractivity contribution >= 4 is 27.7 Å². The molecular formula is C57H32O2. The second-order valence-electron chi connectivity index (χ2n) is 16.5.